The average molecular weight is 252 g/mol. The standard InChI is InChI=1S/C17H32O/c1-16(2)14-12-10-8-6-4-5-7-9-11-13-15-17(3)18/h6,8,16H,4-5,7,9-15H2,1-3H3. The third-order valence-corrected chi connectivity index (χ3v) is 3.22. The predicted molar refractivity (Wildman–Crippen MR) is 80.8 cm³/mol. The molecule has 0 N–H and O–H groups in total. The fraction of sp³-hybridized carbons (Fsp3) is 0.824. The van der Waals surface area contributed by atoms with Crippen molar-refractivity contribution in [1.29, 1.82) is 0 Å². The Bertz CT molecular complexity index is 216. The van der Waals surface area contributed by atoms with E-state index < -0.39 is 0 Å². The molecule has 1 nitrogen and oxygen atoms in total. The van der Waals surface area contributed by atoms with Crippen molar-refractivity contribution in [1.82, 2.24) is 0 Å². The molecule has 0 heterocycles. The van der Waals surface area contributed by atoms with Gasteiger partial charge in [-0.3, -0.25) is 0 Å². The van der Waals surface area contributed by atoms with E-state index in [2.05, 4.69) is 26.0 Å². The lowest BCUT2D eigenvalue weighted by Gasteiger charge is -2.01. The zero-order chi connectivity index (χ0) is 13.6. The van der Waals surface area contributed by atoms with E-state index in [0.29, 0.717) is 5.78 Å². The number of Topliss-reactive ketones (excluding diaryl/α,β-unsaturated/α-hetero) is 1. The first-order chi connectivity index (χ1) is 8.63. The maximum Gasteiger partial charge on any atom is 0.129 e. The molecule has 0 saturated heterocycles. The van der Waals surface area contributed by atoms with Gasteiger partial charge in [0.1, 0.15) is 5.78 Å². The fourth-order valence-electron chi connectivity index (χ4n) is 2.05. The summed E-state index contributed by atoms with van der Waals surface area (Å²) in [4.78, 5) is 10.7. The Kier molecular flexibility index (Phi) is 12.4. The minimum Gasteiger partial charge on any atom is -0.300 e. The molecule has 0 atom stereocenters. The van der Waals surface area contributed by atoms with Crippen molar-refractivity contribution in [2.75, 3.05) is 0 Å². The Morgan fingerprint density at radius 2 is 1.44 bits per heavy atom. The van der Waals surface area contributed by atoms with E-state index in [1.807, 2.05) is 0 Å². The number of hydrogen-bond donors (Lipinski definition) is 0. The highest BCUT2D eigenvalue weighted by atomic mass is 16.1. The number of allylic oxidation sites excluding steroid dienone is 2. The van der Waals surface area contributed by atoms with E-state index in [4.69, 9.17) is 0 Å². The lowest BCUT2D eigenvalue weighted by molar-refractivity contribution is -0.117. The summed E-state index contributed by atoms with van der Waals surface area (Å²) in [7, 11) is 0. The molecule has 1 heteroatoms. The van der Waals surface area contributed by atoms with Crippen molar-refractivity contribution in [2.45, 2.75) is 85.0 Å². The smallest absolute Gasteiger partial charge is 0.129 e. The SMILES string of the molecule is CC(=O)CCCCCCCC=CCCCC(C)C. The van der Waals surface area contributed by atoms with Crippen LogP contribution < -0.4 is 0 Å². The second-order valence-corrected chi connectivity index (χ2v) is 5.80. The Balaban J connectivity index is 3.10. The Morgan fingerprint density at radius 1 is 0.889 bits per heavy atom. The number of ketones is 1. The zero-order valence-electron chi connectivity index (χ0n) is 12.7. The van der Waals surface area contributed by atoms with Gasteiger partial charge < -0.3 is 4.79 Å². The third-order valence-electron chi connectivity index (χ3n) is 3.22. The molecule has 0 fully saturated rings. The Morgan fingerprint density at radius 3 is 2.06 bits per heavy atom. The molecular weight excluding hydrogens is 220 g/mol. The van der Waals surface area contributed by atoms with Crippen LogP contribution >= 0.6 is 0 Å². The van der Waals surface area contributed by atoms with Crippen LogP contribution in [0.3, 0.4) is 0 Å². The lowest BCUT2D eigenvalue weighted by atomic mass is 10.1. The van der Waals surface area contributed by atoms with Crippen LogP contribution in [-0.4, -0.2) is 5.78 Å². The van der Waals surface area contributed by atoms with Crippen LogP contribution in [0.1, 0.15) is 85.0 Å². The molecule has 0 spiro atoms. The van der Waals surface area contributed by atoms with Gasteiger partial charge in [0, 0.05) is 6.42 Å². The molecule has 0 amide bonds. The number of carbonyl (C=O) groups excluding carboxylic acids is 1. The first-order valence-corrected chi connectivity index (χ1v) is 7.77. The van der Waals surface area contributed by atoms with Crippen LogP contribution in [0.5, 0.6) is 0 Å². The maximum atomic E-state index is 10.7. The van der Waals surface area contributed by atoms with E-state index in [1.54, 1.807) is 6.92 Å². The average Bonchev–Trinajstić information content (AvgIpc) is 2.29. The molecule has 0 aromatic carbocycles. The normalized spacial score (nSPS) is 11.6. The minimum atomic E-state index is 0.333. The lowest BCUT2D eigenvalue weighted by Crippen LogP contribution is -1.89. The third kappa shape index (κ3) is 15.4. The zero-order valence-corrected chi connectivity index (χ0v) is 12.7. The molecule has 18 heavy (non-hydrogen) atoms. The van der Waals surface area contributed by atoms with Crippen LogP contribution in [0, 0.1) is 5.92 Å². The second-order valence-electron chi connectivity index (χ2n) is 5.80. The minimum absolute atomic E-state index is 0.333. The summed E-state index contributed by atoms with van der Waals surface area (Å²) in [6.45, 7) is 6.26. The molecular formula is C17H32O. The largest absolute Gasteiger partial charge is 0.300 e. The molecule has 0 bridgehead atoms. The topological polar surface area (TPSA) is 17.1 Å². The molecule has 106 valence electrons. The van der Waals surface area contributed by atoms with Crippen LogP contribution in [0.2, 0.25) is 0 Å². The highest BCUT2D eigenvalue weighted by Gasteiger charge is 1.94. The first-order valence-electron chi connectivity index (χ1n) is 7.77. The van der Waals surface area contributed by atoms with Gasteiger partial charge in [-0.15, -0.1) is 0 Å². The van der Waals surface area contributed by atoms with Gasteiger partial charge in [-0.25, -0.2) is 0 Å². The molecule has 0 rings (SSSR count). The predicted octanol–water partition coefficient (Wildman–Crippen LogP) is 5.69. The van der Waals surface area contributed by atoms with Crippen molar-refractivity contribution in [3.63, 3.8) is 0 Å². The Labute approximate surface area is 114 Å². The highest BCUT2D eigenvalue weighted by molar-refractivity contribution is 5.75. The van der Waals surface area contributed by atoms with Crippen molar-refractivity contribution in [3.05, 3.63) is 12.2 Å². The van der Waals surface area contributed by atoms with Crippen LogP contribution in [0.4, 0.5) is 0 Å². The van der Waals surface area contributed by atoms with Gasteiger partial charge >= 0.3 is 0 Å². The van der Waals surface area contributed by atoms with E-state index in [9.17, 15) is 4.79 Å². The van der Waals surface area contributed by atoms with Gasteiger partial charge in [0.2, 0.25) is 0 Å². The second kappa shape index (κ2) is 12.9. The summed E-state index contributed by atoms with van der Waals surface area (Å²) in [5, 5.41) is 0. The van der Waals surface area contributed by atoms with Crippen molar-refractivity contribution >= 4 is 5.78 Å². The number of carbonyl (C=O) groups is 1. The monoisotopic (exact) mass is 252 g/mol. The van der Waals surface area contributed by atoms with Gasteiger partial charge in [-0.2, -0.15) is 0 Å². The maximum absolute atomic E-state index is 10.7. The van der Waals surface area contributed by atoms with Gasteiger partial charge in [0.25, 0.3) is 0 Å². The molecule has 0 aliphatic heterocycles. The van der Waals surface area contributed by atoms with E-state index in [-0.39, 0.29) is 0 Å². The summed E-state index contributed by atoms with van der Waals surface area (Å²) in [6, 6.07) is 0. The van der Waals surface area contributed by atoms with Crippen LogP contribution in [-0.2, 0) is 4.79 Å². The summed E-state index contributed by atoms with van der Waals surface area (Å²) in [5.74, 6) is 1.17. The highest BCUT2D eigenvalue weighted by Crippen LogP contribution is 2.09. The summed E-state index contributed by atoms with van der Waals surface area (Å²) in [6.07, 6.45) is 16.8. The molecule has 0 saturated carbocycles. The van der Waals surface area contributed by atoms with E-state index >= 15 is 0 Å². The van der Waals surface area contributed by atoms with Crippen LogP contribution in [0.15, 0.2) is 12.2 Å². The van der Waals surface area contributed by atoms with Crippen molar-refractivity contribution < 1.29 is 4.79 Å². The van der Waals surface area contributed by atoms with Crippen molar-refractivity contribution in [3.8, 4) is 0 Å². The van der Waals surface area contributed by atoms with Crippen molar-refractivity contribution in [2.24, 2.45) is 5.92 Å². The molecule has 0 aliphatic carbocycles. The molecule has 0 aromatic heterocycles. The first kappa shape index (κ1) is 17.4. The summed E-state index contributed by atoms with van der Waals surface area (Å²) in [5.41, 5.74) is 0. The molecule has 0 unspecified atom stereocenters. The quantitative estimate of drug-likeness (QED) is 0.322. The van der Waals surface area contributed by atoms with E-state index in [1.165, 1.54) is 51.4 Å². The molecule has 0 radical (unpaired) electrons. The number of hydrogen-bond acceptors (Lipinski definition) is 1. The van der Waals surface area contributed by atoms with Gasteiger partial charge in [-0.1, -0.05) is 51.7 Å². The number of unbranched alkanes of at least 4 members (excludes halogenated alkanes) is 6. The van der Waals surface area contributed by atoms with Gasteiger partial charge in [-0.05, 0) is 44.9 Å². The summed E-state index contributed by atoms with van der Waals surface area (Å²) < 4.78 is 0. The Hall–Kier alpha value is -0.590. The molecule has 0 aromatic rings. The number of rotatable bonds is 12. The fourth-order valence-corrected chi connectivity index (χ4v) is 2.05. The van der Waals surface area contributed by atoms with Crippen LogP contribution in [0.25, 0.3) is 0 Å². The summed E-state index contributed by atoms with van der Waals surface area (Å²) >= 11 is 0. The molecule has 0 aliphatic rings. The van der Waals surface area contributed by atoms with Gasteiger partial charge in [0.15, 0.2) is 0 Å². The van der Waals surface area contributed by atoms with E-state index in [0.717, 1.165) is 18.8 Å². The van der Waals surface area contributed by atoms with Gasteiger partial charge in [0.05, 0.1) is 0 Å².